The number of pyridine rings is 1. The summed E-state index contributed by atoms with van der Waals surface area (Å²) >= 11 is 5.98. The summed E-state index contributed by atoms with van der Waals surface area (Å²) in [6, 6.07) is 15.1. The molecule has 7 heteroatoms. The number of amides is 1. The molecule has 1 amide bonds. The minimum absolute atomic E-state index is 0.0333. The van der Waals surface area contributed by atoms with Crippen LogP contribution < -0.4 is 5.32 Å². The second kappa shape index (κ2) is 7.76. The Morgan fingerprint density at radius 3 is 2.31 bits per heavy atom. The summed E-state index contributed by atoms with van der Waals surface area (Å²) in [4.78, 5) is 26.5. The maximum atomic E-state index is 12.3. The maximum Gasteiger partial charge on any atom is 0.270 e. The molecule has 0 radical (unpaired) electrons. The molecule has 0 atom stereocenters. The van der Waals surface area contributed by atoms with E-state index in [1.807, 2.05) is 24.3 Å². The van der Waals surface area contributed by atoms with Crippen molar-refractivity contribution < 1.29 is 9.72 Å². The highest BCUT2D eigenvalue weighted by Crippen LogP contribution is 2.23. The van der Waals surface area contributed by atoms with Gasteiger partial charge < -0.3 is 5.32 Å². The fraction of sp³-hybridized carbons (Fsp3) is 0.0526. The van der Waals surface area contributed by atoms with Crippen LogP contribution in [0.2, 0.25) is 5.02 Å². The first-order valence-electron chi connectivity index (χ1n) is 7.76. The van der Waals surface area contributed by atoms with Crippen LogP contribution in [0.3, 0.4) is 0 Å². The van der Waals surface area contributed by atoms with Crippen molar-refractivity contribution >= 4 is 28.9 Å². The number of anilines is 1. The number of nitrogens with one attached hydrogen (secondary N) is 1. The maximum absolute atomic E-state index is 12.3. The first-order chi connectivity index (χ1) is 12.5. The fourth-order valence-electron chi connectivity index (χ4n) is 2.44. The van der Waals surface area contributed by atoms with Crippen LogP contribution in [-0.2, 0) is 6.42 Å². The smallest absolute Gasteiger partial charge is 0.270 e. The lowest BCUT2D eigenvalue weighted by Gasteiger charge is -2.08. The Morgan fingerprint density at radius 2 is 1.69 bits per heavy atom. The van der Waals surface area contributed by atoms with Crippen molar-refractivity contribution in [1.29, 1.82) is 0 Å². The Labute approximate surface area is 154 Å². The van der Waals surface area contributed by atoms with Gasteiger partial charge in [-0.25, -0.2) is 0 Å². The standard InChI is InChI=1S/C19H14ClN3O3/c20-18-12-16(23(25)26)5-6-17(18)19(24)22-15-3-1-13(2-4-15)11-14-7-9-21-10-8-14/h1-10,12H,11H2,(H,22,24). The summed E-state index contributed by atoms with van der Waals surface area (Å²) < 4.78 is 0. The zero-order chi connectivity index (χ0) is 18.5. The molecule has 1 N–H and O–H groups in total. The molecular weight excluding hydrogens is 354 g/mol. The molecule has 0 aliphatic rings. The van der Waals surface area contributed by atoms with Crippen LogP contribution in [0.25, 0.3) is 0 Å². The predicted molar refractivity (Wildman–Crippen MR) is 99.5 cm³/mol. The lowest BCUT2D eigenvalue weighted by Crippen LogP contribution is -2.12. The molecule has 1 heterocycles. The first kappa shape index (κ1) is 17.6. The lowest BCUT2D eigenvalue weighted by molar-refractivity contribution is -0.384. The molecule has 3 aromatic rings. The molecule has 0 bridgehead atoms. The Hall–Kier alpha value is -3.25. The molecule has 6 nitrogen and oxygen atoms in total. The molecule has 0 aliphatic carbocycles. The summed E-state index contributed by atoms with van der Waals surface area (Å²) in [6.07, 6.45) is 4.26. The summed E-state index contributed by atoms with van der Waals surface area (Å²) in [5.41, 5.74) is 2.88. The lowest BCUT2D eigenvalue weighted by atomic mass is 10.1. The van der Waals surface area contributed by atoms with Gasteiger partial charge in [0.05, 0.1) is 15.5 Å². The molecule has 2 aromatic carbocycles. The van der Waals surface area contributed by atoms with Crippen LogP contribution >= 0.6 is 11.6 Å². The summed E-state index contributed by atoms with van der Waals surface area (Å²) in [7, 11) is 0. The number of aromatic nitrogens is 1. The van der Waals surface area contributed by atoms with E-state index in [1.165, 1.54) is 12.1 Å². The molecule has 0 spiro atoms. The van der Waals surface area contributed by atoms with Gasteiger partial charge in [-0.2, -0.15) is 0 Å². The van der Waals surface area contributed by atoms with E-state index in [0.29, 0.717) is 5.69 Å². The Morgan fingerprint density at radius 1 is 1.04 bits per heavy atom. The molecule has 0 fully saturated rings. The largest absolute Gasteiger partial charge is 0.322 e. The zero-order valence-electron chi connectivity index (χ0n) is 13.6. The van der Waals surface area contributed by atoms with E-state index in [1.54, 1.807) is 24.5 Å². The fourth-order valence-corrected chi connectivity index (χ4v) is 2.70. The van der Waals surface area contributed by atoms with E-state index in [9.17, 15) is 14.9 Å². The highest BCUT2D eigenvalue weighted by atomic mass is 35.5. The number of hydrogen-bond acceptors (Lipinski definition) is 4. The molecule has 0 saturated heterocycles. The number of nitrogens with zero attached hydrogens (tertiary/aromatic N) is 2. The van der Waals surface area contributed by atoms with Crippen molar-refractivity contribution in [1.82, 2.24) is 4.98 Å². The highest BCUT2D eigenvalue weighted by Gasteiger charge is 2.15. The number of hydrogen-bond donors (Lipinski definition) is 1. The van der Waals surface area contributed by atoms with Crippen LogP contribution in [0.5, 0.6) is 0 Å². The first-order valence-corrected chi connectivity index (χ1v) is 8.14. The van der Waals surface area contributed by atoms with Gasteiger partial charge in [-0.05, 0) is 47.9 Å². The molecule has 0 aliphatic heterocycles. The van der Waals surface area contributed by atoms with Crippen LogP contribution in [0.1, 0.15) is 21.5 Å². The van der Waals surface area contributed by atoms with Gasteiger partial charge in [0.1, 0.15) is 0 Å². The molecule has 130 valence electrons. The number of carbonyl (C=O) groups is 1. The third-order valence-electron chi connectivity index (χ3n) is 3.78. The van der Waals surface area contributed by atoms with Crippen molar-refractivity contribution in [2.45, 2.75) is 6.42 Å². The number of nitro groups is 1. The van der Waals surface area contributed by atoms with E-state index in [2.05, 4.69) is 10.3 Å². The van der Waals surface area contributed by atoms with Crippen LogP contribution in [0, 0.1) is 10.1 Å². The number of benzene rings is 2. The normalized spacial score (nSPS) is 10.3. The van der Waals surface area contributed by atoms with Gasteiger partial charge in [0, 0.05) is 30.2 Å². The zero-order valence-corrected chi connectivity index (χ0v) is 14.3. The topological polar surface area (TPSA) is 85.1 Å². The van der Waals surface area contributed by atoms with Gasteiger partial charge in [-0.3, -0.25) is 19.9 Å². The Bertz CT molecular complexity index is 944. The molecule has 3 rings (SSSR count). The number of carbonyl (C=O) groups excluding carboxylic acids is 1. The van der Waals surface area contributed by atoms with Crippen LogP contribution in [-0.4, -0.2) is 15.8 Å². The molecular formula is C19H14ClN3O3. The van der Waals surface area contributed by atoms with Crippen LogP contribution in [0.4, 0.5) is 11.4 Å². The van der Waals surface area contributed by atoms with E-state index in [-0.39, 0.29) is 16.3 Å². The van der Waals surface area contributed by atoms with E-state index >= 15 is 0 Å². The average molecular weight is 368 g/mol. The van der Waals surface area contributed by atoms with Gasteiger partial charge in [-0.1, -0.05) is 23.7 Å². The quantitative estimate of drug-likeness (QED) is 0.532. The highest BCUT2D eigenvalue weighted by molar-refractivity contribution is 6.34. The predicted octanol–water partition coefficient (Wildman–Crippen LogP) is 4.49. The van der Waals surface area contributed by atoms with Crippen molar-refractivity contribution in [3.63, 3.8) is 0 Å². The SMILES string of the molecule is O=C(Nc1ccc(Cc2ccncc2)cc1)c1ccc([N+](=O)[O-])cc1Cl. The number of halogens is 1. The van der Waals surface area contributed by atoms with E-state index in [0.717, 1.165) is 23.6 Å². The van der Waals surface area contributed by atoms with Gasteiger partial charge in [-0.15, -0.1) is 0 Å². The number of rotatable bonds is 5. The Balaban J connectivity index is 1.69. The summed E-state index contributed by atoms with van der Waals surface area (Å²) in [5, 5.41) is 13.5. The monoisotopic (exact) mass is 367 g/mol. The van der Waals surface area contributed by atoms with Crippen molar-refractivity contribution in [2.75, 3.05) is 5.32 Å². The van der Waals surface area contributed by atoms with Crippen molar-refractivity contribution in [3.8, 4) is 0 Å². The molecule has 1 aromatic heterocycles. The molecule has 0 saturated carbocycles. The minimum atomic E-state index is -0.560. The van der Waals surface area contributed by atoms with E-state index < -0.39 is 10.8 Å². The van der Waals surface area contributed by atoms with Gasteiger partial charge in [0.25, 0.3) is 11.6 Å². The summed E-state index contributed by atoms with van der Waals surface area (Å²) in [5.74, 6) is -0.424. The average Bonchev–Trinajstić information content (AvgIpc) is 2.64. The number of non-ortho nitro benzene ring substituents is 1. The van der Waals surface area contributed by atoms with Crippen LogP contribution in [0.15, 0.2) is 67.0 Å². The van der Waals surface area contributed by atoms with Gasteiger partial charge in [0.2, 0.25) is 0 Å². The molecule has 26 heavy (non-hydrogen) atoms. The Kier molecular flexibility index (Phi) is 5.24. The van der Waals surface area contributed by atoms with E-state index in [4.69, 9.17) is 11.6 Å². The van der Waals surface area contributed by atoms with Crippen molar-refractivity contribution in [2.24, 2.45) is 0 Å². The van der Waals surface area contributed by atoms with Gasteiger partial charge in [0.15, 0.2) is 0 Å². The minimum Gasteiger partial charge on any atom is -0.322 e. The van der Waals surface area contributed by atoms with Crippen molar-refractivity contribution in [3.05, 3.63) is 98.8 Å². The molecule has 0 unspecified atom stereocenters. The second-order valence-corrected chi connectivity index (χ2v) is 6.01. The summed E-state index contributed by atoms with van der Waals surface area (Å²) in [6.45, 7) is 0. The van der Waals surface area contributed by atoms with Gasteiger partial charge >= 0.3 is 0 Å². The second-order valence-electron chi connectivity index (χ2n) is 5.60. The third-order valence-corrected chi connectivity index (χ3v) is 4.09. The number of nitro benzene ring substituents is 1. The third kappa shape index (κ3) is 4.23.